The largest absolute Gasteiger partial charge is 0.393 e. The first kappa shape index (κ1) is 12.8. The van der Waals surface area contributed by atoms with Crippen LogP contribution < -0.4 is 0 Å². The van der Waals surface area contributed by atoms with Crippen molar-refractivity contribution in [3.8, 4) is 0 Å². The Bertz CT molecular complexity index is 108. The van der Waals surface area contributed by atoms with Crippen molar-refractivity contribution in [2.24, 2.45) is 0 Å². The fourth-order valence-corrected chi connectivity index (χ4v) is 0.934. The first-order valence-corrected chi connectivity index (χ1v) is 4.81. The topological polar surface area (TPSA) is 69.9 Å². The molecule has 80 valence electrons. The molecule has 0 spiro atoms. The Hall–Kier alpha value is -0.160. The van der Waals surface area contributed by atoms with E-state index in [9.17, 15) is 0 Å². The SMILES string of the molecule is CCCCCCOC(O)C(O)CO. The summed E-state index contributed by atoms with van der Waals surface area (Å²) < 4.78 is 4.89. The monoisotopic (exact) mass is 192 g/mol. The minimum Gasteiger partial charge on any atom is -0.393 e. The van der Waals surface area contributed by atoms with E-state index in [0.717, 1.165) is 25.7 Å². The Morgan fingerprint density at radius 1 is 1.15 bits per heavy atom. The number of aliphatic hydroxyl groups excluding tert-OH is 3. The Morgan fingerprint density at radius 3 is 2.38 bits per heavy atom. The third-order valence-corrected chi connectivity index (χ3v) is 1.80. The number of rotatable bonds is 8. The summed E-state index contributed by atoms with van der Waals surface area (Å²) in [5, 5.41) is 26.4. The van der Waals surface area contributed by atoms with Gasteiger partial charge >= 0.3 is 0 Å². The van der Waals surface area contributed by atoms with Crippen molar-refractivity contribution in [3.05, 3.63) is 0 Å². The molecular weight excluding hydrogens is 172 g/mol. The summed E-state index contributed by atoms with van der Waals surface area (Å²) >= 11 is 0. The molecule has 3 N–H and O–H groups in total. The molecule has 4 heteroatoms. The number of hydrogen-bond acceptors (Lipinski definition) is 4. The summed E-state index contributed by atoms with van der Waals surface area (Å²) in [5.74, 6) is 0. The predicted octanol–water partition coefficient (Wildman–Crippen LogP) is 0.255. The van der Waals surface area contributed by atoms with Gasteiger partial charge in [0.1, 0.15) is 6.10 Å². The molecule has 0 aliphatic rings. The van der Waals surface area contributed by atoms with Gasteiger partial charge in [-0.3, -0.25) is 0 Å². The highest BCUT2D eigenvalue weighted by molar-refractivity contribution is 4.55. The highest BCUT2D eigenvalue weighted by Crippen LogP contribution is 2.01. The van der Waals surface area contributed by atoms with Gasteiger partial charge in [-0.2, -0.15) is 0 Å². The van der Waals surface area contributed by atoms with Crippen LogP contribution >= 0.6 is 0 Å². The molecule has 0 aromatic rings. The molecule has 0 bridgehead atoms. The number of ether oxygens (including phenoxy) is 1. The molecule has 4 nitrogen and oxygen atoms in total. The molecule has 0 rings (SSSR count). The zero-order chi connectivity index (χ0) is 10.1. The Balaban J connectivity index is 3.21. The van der Waals surface area contributed by atoms with E-state index in [4.69, 9.17) is 20.1 Å². The molecule has 2 unspecified atom stereocenters. The van der Waals surface area contributed by atoms with Crippen LogP contribution in [0.2, 0.25) is 0 Å². The van der Waals surface area contributed by atoms with Gasteiger partial charge in [0.2, 0.25) is 0 Å². The standard InChI is InChI=1S/C9H20O4/c1-2-3-4-5-6-13-9(12)8(11)7-10/h8-12H,2-7H2,1H3. The second-order valence-electron chi connectivity index (χ2n) is 3.07. The molecule has 0 aromatic carbocycles. The highest BCUT2D eigenvalue weighted by Gasteiger charge is 2.14. The molecule has 13 heavy (non-hydrogen) atoms. The smallest absolute Gasteiger partial charge is 0.183 e. The van der Waals surface area contributed by atoms with Crippen LogP contribution in [-0.2, 0) is 4.74 Å². The third kappa shape index (κ3) is 6.95. The van der Waals surface area contributed by atoms with Gasteiger partial charge in [-0.25, -0.2) is 0 Å². The molecule has 0 heterocycles. The molecular formula is C9H20O4. The average Bonchev–Trinajstić information content (AvgIpc) is 2.16. The maximum atomic E-state index is 9.04. The van der Waals surface area contributed by atoms with Crippen LogP contribution in [0.1, 0.15) is 32.6 Å². The minimum absolute atomic E-state index is 0.429. The second-order valence-corrected chi connectivity index (χ2v) is 3.07. The van der Waals surface area contributed by atoms with Gasteiger partial charge in [0.05, 0.1) is 6.61 Å². The van der Waals surface area contributed by atoms with E-state index in [2.05, 4.69) is 6.92 Å². The average molecular weight is 192 g/mol. The summed E-state index contributed by atoms with van der Waals surface area (Å²) in [6.07, 6.45) is 1.81. The summed E-state index contributed by atoms with van der Waals surface area (Å²) in [5.41, 5.74) is 0. The van der Waals surface area contributed by atoms with Crippen molar-refractivity contribution in [2.75, 3.05) is 13.2 Å². The van der Waals surface area contributed by atoms with Gasteiger partial charge in [0, 0.05) is 6.61 Å². The van der Waals surface area contributed by atoms with E-state index >= 15 is 0 Å². The van der Waals surface area contributed by atoms with Gasteiger partial charge in [0.25, 0.3) is 0 Å². The molecule has 2 atom stereocenters. The lowest BCUT2D eigenvalue weighted by Gasteiger charge is -2.15. The minimum atomic E-state index is -1.26. The molecule has 0 amide bonds. The normalized spacial score (nSPS) is 15.7. The molecule has 0 fully saturated rings. The van der Waals surface area contributed by atoms with Crippen LogP contribution in [0.4, 0.5) is 0 Å². The summed E-state index contributed by atoms with van der Waals surface area (Å²) in [7, 11) is 0. The molecule has 0 radical (unpaired) electrons. The predicted molar refractivity (Wildman–Crippen MR) is 49.2 cm³/mol. The van der Waals surface area contributed by atoms with Crippen LogP contribution in [0.15, 0.2) is 0 Å². The van der Waals surface area contributed by atoms with E-state index in [1.54, 1.807) is 0 Å². The van der Waals surface area contributed by atoms with Crippen molar-refractivity contribution in [2.45, 2.75) is 45.0 Å². The first-order valence-electron chi connectivity index (χ1n) is 4.81. The molecule has 0 aromatic heterocycles. The zero-order valence-corrected chi connectivity index (χ0v) is 8.15. The number of unbranched alkanes of at least 4 members (excludes halogenated alkanes) is 3. The van der Waals surface area contributed by atoms with Crippen LogP contribution in [0.5, 0.6) is 0 Å². The highest BCUT2D eigenvalue weighted by atomic mass is 16.6. The van der Waals surface area contributed by atoms with Crippen LogP contribution in [-0.4, -0.2) is 40.9 Å². The summed E-state index contributed by atoms with van der Waals surface area (Å²) in [6, 6.07) is 0. The van der Waals surface area contributed by atoms with Crippen LogP contribution in [0.3, 0.4) is 0 Å². The maximum Gasteiger partial charge on any atom is 0.183 e. The fraction of sp³-hybridized carbons (Fsp3) is 1.00. The van der Waals surface area contributed by atoms with E-state index in [-0.39, 0.29) is 0 Å². The van der Waals surface area contributed by atoms with Gasteiger partial charge in [0.15, 0.2) is 6.29 Å². The quantitative estimate of drug-likeness (QED) is 0.381. The van der Waals surface area contributed by atoms with Crippen molar-refractivity contribution in [3.63, 3.8) is 0 Å². The summed E-state index contributed by atoms with van der Waals surface area (Å²) in [4.78, 5) is 0. The molecule has 0 saturated carbocycles. The third-order valence-electron chi connectivity index (χ3n) is 1.80. The summed E-state index contributed by atoms with van der Waals surface area (Å²) in [6.45, 7) is 2.07. The van der Waals surface area contributed by atoms with Crippen LogP contribution in [0.25, 0.3) is 0 Å². The van der Waals surface area contributed by atoms with Crippen LogP contribution in [0, 0.1) is 0 Å². The molecule has 0 aliphatic carbocycles. The Labute approximate surface area is 79.2 Å². The number of hydrogen-bond donors (Lipinski definition) is 3. The van der Waals surface area contributed by atoms with Crippen molar-refractivity contribution >= 4 is 0 Å². The molecule has 0 aliphatic heterocycles. The van der Waals surface area contributed by atoms with Gasteiger partial charge < -0.3 is 20.1 Å². The van der Waals surface area contributed by atoms with Gasteiger partial charge in [-0.1, -0.05) is 26.2 Å². The lowest BCUT2D eigenvalue weighted by atomic mass is 10.2. The van der Waals surface area contributed by atoms with E-state index in [0.29, 0.717) is 6.61 Å². The van der Waals surface area contributed by atoms with Crippen molar-refractivity contribution in [1.82, 2.24) is 0 Å². The second kappa shape index (κ2) is 8.44. The van der Waals surface area contributed by atoms with E-state index in [1.165, 1.54) is 0 Å². The molecule has 0 saturated heterocycles. The Morgan fingerprint density at radius 2 is 1.85 bits per heavy atom. The Kier molecular flexibility index (Phi) is 8.33. The van der Waals surface area contributed by atoms with Crippen molar-refractivity contribution in [1.29, 1.82) is 0 Å². The zero-order valence-electron chi connectivity index (χ0n) is 8.15. The van der Waals surface area contributed by atoms with Crippen molar-refractivity contribution < 1.29 is 20.1 Å². The lowest BCUT2D eigenvalue weighted by molar-refractivity contribution is -0.171. The lowest BCUT2D eigenvalue weighted by Crippen LogP contribution is -2.31. The fourth-order valence-electron chi connectivity index (χ4n) is 0.934. The first-order chi connectivity index (χ1) is 6.22. The van der Waals surface area contributed by atoms with E-state index < -0.39 is 19.0 Å². The van der Waals surface area contributed by atoms with Gasteiger partial charge in [-0.15, -0.1) is 0 Å². The van der Waals surface area contributed by atoms with E-state index in [1.807, 2.05) is 0 Å². The maximum absolute atomic E-state index is 9.04. The van der Waals surface area contributed by atoms with Gasteiger partial charge in [-0.05, 0) is 6.42 Å². The number of aliphatic hydroxyl groups is 3.